The van der Waals surface area contributed by atoms with E-state index in [9.17, 15) is 9.59 Å². The number of halogens is 1. The lowest BCUT2D eigenvalue weighted by molar-refractivity contribution is -0.139. The Balaban J connectivity index is 2.44. The molecule has 1 amide bonds. The third-order valence-electron chi connectivity index (χ3n) is 2.02. The van der Waals surface area contributed by atoms with Crippen molar-refractivity contribution in [2.75, 3.05) is 13.7 Å². The largest absolute Gasteiger partial charge is 0.481 e. The van der Waals surface area contributed by atoms with Gasteiger partial charge >= 0.3 is 5.97 Å². The third kappa shape index (κ3) is 4.58. The molecule has 94 valence electrons. The molecular weight excluding hydrogens is 294 g/mol. The normalized spacial score (nSPS) is 12.1. The molecule has 0 aliphatic rings. The van der Waals surface area contributed by atoms with Crippen LogP contribution >= 0.6 is 15.9 Å². The van der Waals surface area contributed by atoms with E-state index in [-0.39, 0.29) is 18.7 Å². The Morgan fingerprint density at radius 2 is 2.29 bits per heavy atom. The zero-order chi connectivity index (χ0) is 12.8. The third-order valence-corrected chi connectivity index (χ3v) is 2.45. The Morgan fingerprint density at radius 1 is 1.59 bits per heavy atom. The zero-order valence-electron chi connectivity index (χ0n) is 9.10. The maximum atomic E-state index is 11.5. The number of amides is 1. The summed E-state index contributed by atoms with van der Waals surface area (Å²) in [5, 5.41) is 11.1. The number of ether oxygens (including phenoxy) is 1. The fourth-order valence-corrected chi connectivity index (χ4v) is 1.47. The van der Waals surface area contributed by atoms with Gasteiger partial charge in [-0.1, -0.05) is 0 Å². The van der Waals surface area contributed by atoms with Gasteiger partial charge in [0.1, 0.15) is 0 Å². The van der Waals surface area contributed by atoms with E-state index in [0.717, 1.165) is 0 Å². The van der Waals surface area contributed by atoms with Crippen molar-refractivity contribution in [3.8, 4) is 0 Å². The van der Waals surface area contributed by atoms with E-state index in [4.69, 9.17) is 14.3 Å². The Bertz CT molecular complexity index is 403. The second-order valence-electron chi connectivity index (χ2n) is 3.27. The molecule has 0 fully saturated rings. The minimum absolute atomic E-state index is 0.111. The molecule has 1 aromatic heterocycles. The molecule has 1 atom stereocenters. The number of hydrogen-bond acceptors (Lipinski definition) is 4. The summed E-state index contributed by atoms with van der Waals surface area (Å²) in [6.07, 6.45) is -0.728. The highest BCUT2D eigenvalue weighted by Gasteiger charge is 2.15. The fourth-order valence-electron chi connectivity index (χ4n) is 1.16. The zero-order valence-corrected chi connectivity index (χ0v) is 10.7. The number of carbonyl (C=O) groups is 2. The molecule has 17 heavy (non-hydrogen) atoms. The summed E-state index contributed by atoms with van der Waals surface area (Å²) in [6.45, 7) is 0.111. The maximum Gasteiger partial charge on any atom is 0.306 e. The van der Waals surface area contributed by atoms with E-state index in [1.807, 2.05) is 0 Å². The van der Waals surface area contributed by atoms with Gasteiger partial charge in [-0.2, -0.15) is 0 Å². The van der Waals surface area contributed by atoms with Gasteiger partial charge in [0.05, 0.1) is 12.5 Å². The van der Waals surface area contributed by atoms with Crippen LogP contribution in [0.5, 0.6) is 0 Å². The predicted molar refractivity (Wildman–Crippen MR) is 61.8 cm³/mol. The van der Waals surface area contributed by atoms with Crippen LogP contribution in [-0.2, 0) is 9.53 Å². The van der Waals surface area contributed by atoms with E-state index in [0.29, 0.717) is 4.67 Å². The van der Waals surface area contributed by atoms with Gasteiger partial charge in [-0.3, -0.25) is 9.59 Å². The average molecular weight is 306 g/mol. The van der Waals surface area contributed by atoms with E-state index >= 15 is 0 Å². The van der Waals surface area contributed by atoms with Gasteiger partial charge in [-0.05, 0) is 28.1 Å². The molecule has 0 aliphatic heterocycles. The summed E-state index contributed by atoms with van der Waals surface area (Å²) in [5.41, 5.74) is 0. The topological polar surface area (TPSA) is 88.8 Å². The number of methoxy groups -OCH3 is 1. The minimum Gasteiger partial charge on any atom is -0.481 e. The van der Waals surface area contributed by atoms with E-state index in [1.54, 1.807) is 6.07 Å². The number of nitrogens with one attached hydrogen (secondary N) is 1. The monoisotopic (exact) mass is 305 g/mol. The number of furan rings is 1. The van der Waals surface area contributed by atoms with Crippen molar-refractivity contribution >= 4 is 27.8 Å². The second-order valence-corrected chi connectivity index (χ2v) is 4.05. The van der Waals surface area contributed by atoms with Gasteiger partial charge in [-0.25, -0.2) is 0 Å². The van der Waals surface area contributed by atoms with Crippen LogP contribution in [-0.4, -0.2) is 36.7 Å². The lowest BCUT2D eigenvalue weighted by atomic mass is 10.2. The van der Waals surface area contributed by atoms with Crippen LogP contribution in [0.15, 0.2) is 21.2 Å². The lowest BCUT2D eigenvalue weighted by Crippen LogP contribution is -2.34. The molecule has 1 unspecified atom stereocenters. The fraction of sp³-hybridized carbons (Fsp3) is 0.400. The van der Waals surface area contributed by atoms with E-state index in [1.165, 1.54) is 13.2 Å². The lowest BCUT2D eigenvalue weighted by Gasteiger charge is -2.13. The van der Waals surface area contributed by atoms with Gasteiger partial charge in [0.15, 0.2) is 10.4 Å². The van der Waals surface area contributed by atoms with Crippen molar-refractivity contribution in [1.29, 1.82) is 0 Å². The average Bonchev–Trinajstić information content (AvgIpc) is 2.70. The number of carbonyl (C=O) groups excluding carboxylic acids is 1. The maximum absolute atomic E-state index is 11.5. The molecule has 0 radical (unpaired) electrons. The molecular formula is C10H12BrNO5. The van der Waals surface area contributed by atoms with Gasteiger partial charge in [0, 0.05) is 13.7 Å². The van der Waals surface area contributed by atoms with Crippen LogP contribution in [0.3, 0.4) is 0 Å². The quantitative estimate of drug-likeness (QED) is 0.826. The van der Waals surface area contributed by atoms with E-state index in [2.05, 4.69) is 21.2 Å². The summed E-state index contributed by atoms with van der Waals surface area (Å²) in [6, 6.07) is 3.11. The Labute approximate surface area is 106 Å². The van der Waals surface area contributed by atoms with Crippen LogP contribution in [0, 0.1) is 0 Å². The number of carboxylic acid groups (broad SMARTS) is 1. The highest BCUT2D eigenvalue weighted by molar-refractivity contribution is 9.10. The molecule has 0 spiro atoms. The van der Waals surface area contributed by atoms with Crippen LogP contribution in [0.2, 0.25) is 0 Å². The summed E-state index contributed by atoms with van der Waals surface area (Å²) in [4.78, 5) is 22.0. The Kier molecular flexibility index (Phi) is 5.17. The van der Waals surface area contributed by atoms with Crippen molar-refractivity contribution in [2.45, 2.75) is 12.5 Å². The van der Waals surface area contributed by atoms with Crippen LogP contribution < -0.4 is 5.32 Å². The first kappa shape index (κ1) is 13.7. The van der Waals surface area contributed by atoms with Crippen molar-refractivity contribution in [3.05, 3.63) is 22.6 Å². The van der Waals surface area contributed by atoms with Gasteiger partial charge in [-0.15, -0.1) is 0 Å². The van der Waals surface area contributed by atoms with Crippen LogP contribution in [0.25, 0.3) is 0 Å². The Hall–Kier alpha value is -1.34. The molecule has 6 nitrogen and oxygen atoms in total. The number of hydrogen-bond donors (Lipinski definition) is 2. The van der Waals surface area contributed by atoms with Gasteiger partial charge < -0.3 is 19.6 Å². The summed E-state index contributed by atoms with van der Waals surface area (Å²) < 4.78 is 10.4. The first-order valence-electron chi connectivity index (χ1n) is 4.81. The second kappa shape index (κ2) is 6.41. The standard InChI is InChI=1S/C10H12BrNO5/c1-16-6(4-9(13)14)5-12-10(15)7-2-3-8(11)17-7/h2-3,6H,4-5H2,1H3,(H,12,15)(H,13,14). The number of rotatable bonds is 6. The Morgan fingerprint density at radius 3 is 2.76 bits per heavy atom. The molecule has 7 heteroatoms. The SMILES string of the molecule is COC(CNC(=O)c1ccc(Br)o1)CC(=O)O. The molecule has 0 saturated heterocycles. The van der Waals surface area contributed by atoms with Gasteiger partial charge in [0.25, 0.3) is 5.91 Å². The van der Waals surface area contributed by atoms with Crippen LogP contribution in [0.1, 0.15) is 17.0 Å². The first-order chi connectivity index (χ1) is 8.02. The number of carboxylic acids is 1. The smallest absolute Gasteiger partial charge is 0.306 e. The molecule has 2 N–H and O–H groups in total. The molecule has 1 rings (SSSR count). The van der Waals surface area contributed by atoms with Crippen molar-refractivity contribution < 1.29 is 23.8 Å². The first-order valence-corrected chi connectivity index (χ1v) is 5.60. The molecule has 1 aromatic rings. The molecule has 1 heterocycles. The predicted octanol–water partition coefficient (Wildman–Crippen LogP) is 1.26. The van der Waals surface area contributed by atoms with E-state index < -0.39 is 18.0 Å². The number of aliphatic carboxylic acids is 1. The highest BCUT2D eigenvalue weighted by atomic mass is 79.9. The summed E-state index contributed by atoms with van der Waals surface area (Å²) in [7, 11) is 1.39. The van der Waals surface area contributed by atoms with Crippen molar-refractivity contribution in [3.63, 3.8) is 0 Å². The molecule has 0 saturated carbocycles. The van der Waals surface area contributed by atoms with Crippen molar-refractivity contribution in [2.24, 2.45) is 0 Å². The van der Waals surface area contributed by atoms with Crippen molar-refractivity contribution in [1.82, 2.24) is 5.32 Å². The summed E-state index contributed by atoms with van der Waals surface area (Å²) in [5.74, 6) is -1.24. The highest BCUT2D eigenvalue weighted by Crippen LogP contribution is 2.13. The molecule has 0 aliphatic carbocycles. The summed E-state index contributed by atoms with van der Waals surface area (Å²) >= 11 is 3.08. The minimum atomic E-state index is -0.980. The van der Waals surface area contributed by atoms with Crippen LogP contribution in [0.4, 0.5) is 0 Å². The molecule has 0 bridgehead atoms. The van der Waals surface area contributed by atoms with Gasteiger partial charge in [0.2, 0.25) is 0 Å². The molecule has 0 aromatic carbocycles.